The van der Waals surface area contributed by atoms with Crippen molar-refractivity contribution >= 4 is 12.0 Å². The van der Waals surface area contributed by atoms with Crippen LogP contribution in [0.3, 0.4) is 0 Å². The van der Waals surface area contributed by atoms with Crippen molar-refractivity contribution in [1.82, 2.24) is 0 Å². The number of carbonyl (C=O) groups is 1. The van der Waals surface area contributed by atoms with Crippen LogP contribution < -0.4 is 0 Å². The Morgan fingerprint density at radius 1 is 1.12 bits per heavy atom. The summed E-state index contributed by atoms with van der Waals surface area (Å²) >= 11 is 0. The number of ether oxygens (including phenoxy) is 1. The van der Waals surface area contributed by atoms with E-state index in [0.717, 1.165) is 0 Å². The van der Waals surface area contributed by atoms with Gasteiger partial charge in [-0.2, -0.15) is 0 Å². The van der Waals surface area contributed by atoms with E-state index in [1.807, 2.05) is 6.08 Å². The molecule has 25 heavy (non-hydrogen) atoms. The molecule has 1 aromatic rings. The Balaban J connectivity index is 1.86. The molecule has 1 N–H and O–H groups in total. The predicted molar refractivity (Wildman–Crippen MR) is 101 cm³/mol. The molecule has 2 aliphatic rings. The van der Waals surface area contributed by atoms with Crippen LogP contribution in [-0.4, -0.2) is 23.3 Å². The number of benzene rings is 1. The van der Waals surface area contributed by atoms with Gasteiger partial charge in [-0.1, -0.05) is 49.5 Å². The summed E-state index contributed by atoms with van der Waals surface area (Å²) in [4.78, 5) is 11.5. The molecule has 0 spiro atoms. The zero-order chi connectivity index (χ0) is 17.8. The maximum atomic E-state index is 11.5. The molecule has 0 aromatic heterocycles. The van der Waals surface area contributed by atoms with Gasteiger partial charge in [0, 0.05) is 6.42 Å². The van der Waals surface area contributed by atoms with Gasteiger partial charge in [0.2, 0.25) is 0 Å². The maximum Gasteiger partial charge on any atom is 0.309 e. The fourth-order valence-electron chi connectivity index (χ4n) is 4.30. The van der Waals surface area contributed by atoms with Gasteiger partial charge in [0.15, 0.2) is 0 Å². The van der Waals surface area contributed by atoms with Crippen LogP contribution in [0.1, 0.15) is 79.5 Å². The van der Waals surface area contributed by atoms with E-state index < -0.39 is 6.10 Å². The van der Waals surface area contributed by atoms with Crippen LogP contribution in [0, 0.1) is 13.8 Å². The molecular weight excluding hydrogens is 312 g/mol. The number of aryl methyl sites for hydroxylation is 2. The van der Waals surface area contributed by atoms with Crippen molar-refractivity contribution in [1.29, 1.82) is 0 Å². The van der Waals surface area contributed by atoms with Gasteiger partial charge < -0.3 is 9.84 Å². The minimum atomic E-state index is -0.587. The van der Waals surface area contributed by atoms with Crippen molar-refractivity contribution in [2.45, 2.75) is 83.3 Å². The van der Waals surface area contributed by atoms with Crippen molar-refractivity contribution in [2.75, 3.05) is 0 Å². The molecule has 0 amide bonds. The normalized spacial score (nSPS) is 25.8. The third kappa shape index (κ3) is 4.72. The van der Waals surface area contributed by atoms with Crippen LogP contribution in [-0.2, 0) is 9.53 Å². The number of rotatable bonds is 3. The van der Waals surface area contributed by atoms with E-state index in [0.29, 0.717) is 12.3 Å². The molecule has 3 rings (SSSR count). The third-order valence-corrected chi connectivity index (χ3v) is 5.53. The van der Waals surface area contributed by atoms with Crippen molar-refractivity contribution in [3.05, 3.63) is 40.5 Å². The molecule has 2 atom stereocenters. The van der Waals surface area contributed by atoms with Crippen molar-refractivity contribution in [3.8, 4) is 0 Å². The Kier molecular flexibility index (Phi) is 5.95. The van der Waals surface area contributed by atoms with Crippen LogP contribution in [0.4, 0.5) is 0 Å². The van der Waals surface area contributed by atoms with E-state index in [1.165, 1.54) is 60.8 Å². The van der Waals surface area contributed by atoms with Crippen molar-refractivity contribution < 1.29 is 14.6 Å². The van der Waals surface area contributed by atoms with Gasteiger partial charge >= 0.3 is 5.97 Å². The van der Waals surface area contributed by atoms with Crippen LogP contribution in [0.2, 0.25) is 0 Å². The van der Waals surface area contributed by atoms with Crippen molar-refractivity contribution in [3.63, 3.8) is 0 Å². The number of esters is 1. The molecule has 1 heterocycles. The fraction of sp³-hybridized carbons (Fsp3) is 0.591. The highest BCUT2D eigenvalue weighted by molar-refractivity contribution is 5.71. The molecule has 1 aromatic carbocycles. The lowest BCUT2D eigenvalue weighted by atomic mass is 9.85. The zero-order valence-electron chi connectivity index (χ0n) is 15.5. The van der Waals surface area contributed by atoms with Crippen LogP contribution in [0.15, 0.2) is 18.2 Å². The van der Waals surface area contributed by atoms with Crippen LogP contribution in [0.5, 0.6) is 0 Å². The maximum absolute atomic E-state index is 11.5. The van der Waals surface area contributed by atoms with E-state index >= 15 is 0 Å². The summed E-state index contributed by atoms with van der Waals surface area (Å²) in [6, 6.07) is 4.56. The number of hydrogen-bond acceptors (Lipinski definition) is 3. The highest BCUT2D eigenvalue weighted by Gasteiger charge is 2.25. The van der Waals surface area contributed by atoms with E-state index in [1.54, 1.807) is 0 Å². The largest absolute Gasteiger partial charge is 0.458 e. The van der Waals surface area contributed by atoms with Gasteiger partial charge in [0.05, 0.1) is 12.5 Å². The lowest BCUT2D eigenvalue weighted by Gasteiger charge is -2.24. The summed E-state index contributed by atoms with van der Waals surface area (Å²) in [7, 11) is 0. The van der Waals surface area contributed by atoms with Gasteiger partial charge in [-0.3, -0.25) is 4.79 Å². The minimum Gasteiger partial charge on any atom is -0.458 e. The molecule has 3 nitrogen and oxygen atoms in total. The number of carbonyl (C=O) groups excluding carboxylic acids is 1. The monoisotopic (exact) mass is 342 g/mol. The quantitative estimate of drug-likeness (QED) is 0.633. The molecule has 1 aliphatic heterocycles. The zero-order valence-corrected chi connectivity index (χ0v) is 15.5. The molecular formula is C22H30O3. The molecule has 0 radical (unpaired) electrons. The first-order valence-electron chi connectivity index (χ1n) is 9.70. The highest BCUT2D eigenvalue weighted by Crippen LogP contribution is 2.36. The number of aliphatic hydroxyl groups is 1. The minimum absolute atomic E-state index is 0.112. The van der Waals surface area contributed by atoms with E-state index in [-0.39, 0.29) is 18.5 Å². The molecule has 1 saturated carbocycles. The second kappa shape index (κ2) is 8.18. The van der Waals surface area contributed by atoms with Gasteiger partial charge in [-0.25, -0.2) is 0 Å². The lowest BCUT2D eigenvalue weighted by Crippen LogP contribution is -2.31. The standard InChI is InChI=1S/C22H30O3/c1-15-11-16(2)20(10-9-19-13-18(23)14-22(24)25-19)21(12-15)17-7-5-3-4-6-8-17/h9-12,17-19,23H,3-8,13-14H2,1-2H3. The average Bonchev–Trinajstić information content (AvgIpc) is 2.81. The average molecular weight is 342 g/mol. The summed E-state index contributed by atoms with van der Waals surface area (Å²) in [5.41, 5.74) is 5.30. The molecule has 136 valence electrons. The molecule has 2 fully saturated rings. The summed E-state index contributed by atoms with van der Waals surface area (Å²) in [6.45, 7) is 4.33. The summed E-state index contributed by atoms with van der Waals surface area (Å²) < 4.78 is 5.36. The lowest BCUT2D eigenvalue weighted by molar-refractivity contribution is -0.156. The first kappa shape index (κ1) is 18.2. The van der Waals surface area contributed by atoms with Crippen LogP contribution in [0.25, 0.3) is 6.08 Å². The number of aliphatic hydroxyl groups excluding tert-OH is 1. The Hall–Kier alpha value is -1.61. The molecule has 0 bridgehead atoms. The van der Waals surface area contributed by atoms with Crippen LogP contribution >= 0.6 is 0 Å². The number of hydrogen-bond donors (Lipinski definition) is 1. The summed E-state index contributed by atoms with van der Waals surface area (Å²) in [5.74, 6) is 0.318. The molecule has 1 aliphatic carbocycles. The van der Waals surface area contributed by atoms with E-state index in [4.69, 9.17) is 4.74 Å². The second-order valence-electron chi connectivity index (χ2n) is 7.75. The summed E-state index contributed by atoms with van der Waals surface area (Å²) in [5, 5.41) is 9.79. The molecule has 2 unspecified atom stereocenters. The fourth-order valence-corrected chi connectivity index (χ4v) is 4.30. The van der Waals surface area contributed by atoms with Gasteiger partial charge in [-0.15, -0.1) is 0 Å². The Morgan fingerprint density at radius 3 is 2.52 bits per heavy atom. The predicted octanol–water partition coefficient (Wildman–Crippen LogP) is 4.82. The SMILES string of the molecule is Cc1cc(C)c(C=CC2CC(O)CC(=O)O2)c(C2CCCCCC2)c1. The third-order valence-electron chi connectivity index (χ3n) is 5.53. The van der Waals surface area contributed by atoms with Gasteiger partial charge in [-0.05, 0) is 55.4 Å². The summed E-state index contributed by atoms with van der Waals surface area (Å²) in [6.07, 6.45) is 11.6. The molecule has 3 heteroatoms. The number of cyclic esters (lactones) is 1. The van der Waals surface area contributed by atoms with Gasteiger partial charge in [0.25, 0.3) is 0 Å². The smallest absolute Gasteiger partial charge is 0.309 e. The Bertz CT molecular complexity index is 639. The molecule has 1 saturated heterocycles. The second-order valence-corrected chi connectivity index (χ2v) is 7.75. The van der Waals surface area contributed by atoms with Gasteiger partial charge in [0.1, 0.15) is 6.10 Å². The van der Waals surface area contributed by atoms with E-state index in [2.05, 4.69) is 32.1 Å². The first-order valence-corrected chi connectivity index (χ1v) is 9.70. The Morgan fingerprint density at radius 2 is 1.84 bits per heavy atom. The van der Waals surface area contributed by atoms with E-state index in [9.17, 15) is 9.90 Å². The first-order chi connectivity index (χ1) is 12.0. The highest BCUT2D eigenvalue weighted by atomic mass is 16.5. The topological polar surface area (TPSA) is 46.5 Å². The Labute approximate surface area is 151 Å². The van der Waals surface area contributed by atoms with Crippen molar-refractivity contribution in [2.24, 2.45) is 0 Å².